The first kappa shape index (κ1) is 13.7. The molecule has 2 unspecified atom stereocenters. The van der Waals surface area contributed by atoms with E-state index in [0.717, 1.165) is 40.6 Å². The average molecular weight is 299 g/mol. The molecule has 5 heteroatoms. The molecule has 0 saturated carbocycles. The van der Waals surface area contributed by atoms with Crippen molar-refractivity contribution in [3.8, 4) is 0 Å². The zero-order valence-electron chi connectivity index (χ0n) is 10.7. The van der Waals surface area contributed by atoms with Crippen molar-refractivity contribution in [2.24, 2.45) is 0 Å². The largest absolute Gasteiger partial charge is 0.388 e. The van der Waals surface area contributed by atoms with Crippen LogP contribution in [0, 0.1) is 5.82 Å². The molecule has 2 heterocycles. The Hall–Kier alpha value is -0.230. The molecular formula is C14H18FNOS2. The fourth-order valence-electron chi connectivity index (χ4n) is 2.63. The number of nitrogens with one attached hydrogen (secondary N) is 1. The summed E-state index contributed by atoms with van der Waals surface area (Å²) < 4.78 is 13.4. The lowest BCUT2D eigenvalue weighted by Gasteiger charge is -2.30. The Bertz CT molecular complexity index is 463. The van der Waals surface area contributed by atoms with Crippen molar-refractivity contribution >= 4 is 23.5 Å². The van der Waals surface area contributed by atoms with Crippen LogP contribution in [0.4, 0.5) is 4.39 Å². The van der Waals surface area contributed by atoms with Crippen LogP contribution in [0.3, 0.4) is 0 Å². The van der Waals surface area contributed by atoms with E-state index in [0.29, 0.717) is 6.54 Å². The first-order chi connectivity index (χ1) is 9.16. The maximum absolute atomic E-state index is 13.4. The first-order valence-electron chi connectivity index (χ1n) is 6.62. The number of benzene rings is 1. The summed E-state index contributed by atoms with van der Waals surface area (Å²) in [4.78, 5) is 1.16. The fourth-order valence-corrected chi connectivity index (χ4v) is 5.03. The summed E-state index contributed by atoms with van der Waals surface area (Å²) in [5, 5.41) is 13.8. The monoisotopic (exact) mass is 299 g/mol. The number of hydrogen-bond donors (Lipinski definition) is 2. The highest BCUT2D eigenvalue weighted by atomic mass is 32.2. The van der Waals surface area contributed by atoms with Gasteiger partial charge in [0.15, 0.2) is 0 Å². The van der Waals surface area contributed by atoms with Gasteiger partial charge in [0, 0.05) is 23.2 Å². The summed E-state index contributed by atoms with van der Waals surface area (Å²) in [6.45, 7) is 0.602. The zero-order valence-corrected chi connectivity index (χ0v) is 12.3. The predicted molar refractivity (Wildman–Crippen MR) is 79.4 cm³/mol. The highest BCUT2D eigenvalue weighted by Crippen LogP contribution is 2.37. The Morgan fingerprint density at radius 2 is 2.32 bits per heavy atom. The number of fused-ring (bicyclic) bond motifs is 1. The van der Waals surface area contributed by atoms with Crippen LogP contribution in [0.25, 0.3) is 0 Å². The maximum Gasteiger partial charge on any atom is 0.123 e. The molecule has 0 spiro atoms. The van der Waals surface area contributed by atoms with Crippen LogP contribution >= 0.6 is 23.5 Å². The van der Waals surface area contributed by atoms with Crippen LogP contribution in [0.15, 0.2) is 23.1 Å². The minimum absolute atomic E-state index is 0.168. The number of halogens is 1. The van der Waals surface area contributed by atoms with Gasteiger partial charge in [-0.2, -0.15) is 11.8 Å². The molecule has 2 nitrogen and oxygen atoms in total. The van der Waals surface area contributed by atoms with Gasteiger partial charge in [-0.15, -0.1) is 11.8 Å². The Morgan fingerprint density at radius 3 is 3.11 bits per heavy atom. The van der Waals surface area contributed by atoms with Crippen molar-refractivity contribution in [3.05, 3.63) is 29.6 Å². The molecule has 0 radical (unpaired) electrons. The van der Waals surface area contributed by atoms with Gasteiger partial charge < -0.3 is 10.4 Å². The van der Waals surface area contributed by atoms with E-state index in [4.69, 9.17) is 0 Å². The average Bonchev–Trinajstić information content (AvgIpc) is 2.84. The van der Waals surface area contributed by atoms with Crippen molar-refractivity contribution < 1.29 is 9.50 Å². The number of hydrogen-bond acceptors (Lipinski definition) is 4. The molecule has 19 heavy (non-hydrogen) atoms. The molecule has 104 valence electrons. The van der Waals surface area contributed by atoms with Crippen molar-refractivity contribution in [1.29, 1.82) is 0 Å². The second-order valence-corrected chi connectivity index (χ2v) is 7.52. The van der Waals surface area contributed by atoms with Gasteiger partial charge in [0.05, 0.1) is 5.60 Å². The molecule has 1 saturated heterocycles. The third kappa shape index (κ3) is 3.10. The predicted octanol–water partition coefficient (Wildman–Crippen LogP) is 2.82. The quantitative estimate of drug-likeness (QED) is 0.899. The fraction of sp³-hybridized carbons (Fsp3) is 0.571. The van der Waals surface area contributed by atoms with E-state index in [1.54, 1.807) is 29.6 Å². The van der Waals surface area contributed by atoms with Crippen molar-refractivity contribution in [1.82, 2.24) is 5.32 Å². The Labute approximate surface area is 121 Å². The third-order valence-electron chi connectivity index (χ3n) is 3.77. The molecule has 0 aliphatic carbocycles. The topological polar surface area (TPSA) is 32.3 Å². The maximum atomic E-state index is 13.4. The molecule has 2 aliphatic heterocycles. The molecule has 0 amide bonds. The Morgan fingerprint density at radius 1 is 1.42 bits per heavy atom. The molecule has 0 aromatic heterocycles. The van der Waals surface area contributed by atoms with Gasteiger partial charge in [-0.05, 0) is 48.1 Å². The summed E-state index contributed by atoms with van der Waals surface area (Å²) in [5.41, 5.74) is 0.466. The highest BCUT2D eigenvalue weighted by Gasteiger charge is 2.33. The lowest BCUT2D eigenvalue weighted by Crippen LogP contribution is -2.42. The van der Waals surface area contributed by atoms with Crippen LogP contribution in [-0.2, 0) is 0 Å². The number of thioether (sulfide) groups is 2. The second-order valence-electron chi connectivity index (χ2n) is 5.28. The molecule has 1 aromatic rings. The van der Waals surface area contributed by atoms with Crippen LogP contribution in [0.5, 0.6) is 0 Å². The normalized spacial score (nSPS) is 30.3. The van der Waals surface area contributed by atoms with E-state index < -0.39 is 5.60 Å². The van der Waals surface area contributed by atoms with Gasteiger partial charge in [0.2, 0.25) is 0 Å². The molecule has 2 aliphatic rings. The third-order valence-corrected chi connectivity index (χ3v) is 6.13. The summed E-state index contributed by atoms with van der Waals surface area (Å²) >= 11 is 3.59. The minimum atomic E-state index is -0.581. The van der Waals surface area contributed by atoms with E-state index in [1.807, 2.05) is 6.07 Å². The number of rotatable bonds is 3. The van der Waals surface area contributed by atoms with Crippen molar-refractivity contribution in [3.63, 3.8) is 0 Å². The minimum Gasteiger partial charge on any atom is -0.388 e. The van der Waals surface area contributed by atoms with Crippen LogP contribution in [0.2, 0.25) is 0 Å². The number of aliphatic hydroxyl groups is 1. The lowest BCUT2D eigenvalue weighted by molar-refractivity contribution is 0.0642. The van der Waals surface area contributed by atoms with E-state index in [1.165, 1.54) is 6.07 Å². The van der Waals surface area contributed by atoms with Crippen LogP contribution in [-0.4, -0.2) is 34.5 Å². The smallest absolute Gasteiger partial charge is 0.123 e. The summed E-state index contributed by atoms with van der Waals surface area (Å²) in [6, 6.07) is 5.19. The van der Waals surface area contributed by atoms with E-state index in [-0.39, 0.29) is 11.9 Å². The van der Waals surface area contributed by atoms with Gasteiger partial charge in [-0.25, -0.2) is 4.39 Å². The first-order valence-corrected chi connectivity index (χ1v) is 8.76. The standard InChI is InChI=1S/C14H18FNOS2/c15-10-1-2-13-11(7-10)12(3-5-19-13)16-8-14(17)4-6-18-9-14/h1-2,7,12,16-17H,3-6,8-9H2. The summed E-state index contributed by atoms with van der Waals surface area (Å²) in [7, 11) is 0. The van der Waals surface area contributed by atoms with Gasteiger partial charge in [-0.3, -0.25) is 0 Å². The van der Waals surface area contributed by atoms with Crippen LogP contribution < -0.4 is 5.32 Å². The van der Waals surface area contributed by atoms with Crippen LogP contribution in [0.1, 0.15) is 24.4 Å². The van der Waals surface area contributed by atoms with E-state index >= 15 is 0 Å². The summed E-state index contributed by atoms with van der Waals surface area (Å²) in [5.74, 6) is 2.70. The molecule has 1 fully saturated rings. The SMILES string of the molecule is OC1(CNC2CCSc3ccc(F)cc32)CCSC1. The Kier molecular flexibility index (Phi) is 4.08. The Balaban J connectivity index is 1.71. The highest BCUT2D eigenvalue weighted by molar-refractivity contribution is 7.99. The second kappa shape index (κ2) is 5.64. The van der Waals surface area contributed by atoms with Gasteiger partial charge in [-0.1, -0.05) is 0 Å². The molecule has 2 atom stereocenters. The summed E-state index contributed by atoms with van der Waals surface area (Å²) in [6.07, 6.45) is 1.84. The lowest BCUT2D eigenvalue weighted by atomic mass is 10.00. The van der Waals surface area contributed by atoms with Crippen molar-refractivity contribution in [2.75, 3.05) is 23.8 Å². The molecule has 0 bridgehead atoms. The molecule has 2 N–H and O–H groups in total. The molecule has 1 aromatic carbocycles. The van der Waals surface area contributed by atoms with Gasteiger partial charge in [0.25, 0.3) is 0 Å². The van der Waals surface area contributed by atoms with Crippen molar-refractivity contribution in [2.45, 2.75) is 29.4 Å². The van der Waals surface area contributed by atoms with E-state index in [2.05, 4.69) is 5.32 Å². The van der Waals surface area contributed by atoms with Gasteiger partial charge >= 0.3 is 0 Å². The van der Waals surface area contributed by atoms with E-state index in [9.17, 15) is 9.50 Å². The zero-order chi connectivity index (χ0) is 13.3. The molecule has 3 rings (SSSR count). The molecular weight excluding hydrogens is 281 g/mol. The van der Waals surface area contributed by atoms with Gasteiger partial charge in [0.1, 0.15) is 5.82 Å².